The lowest BCUT2D eigenvalue weighted by molar-refractivity contribution is -0.131. The van der Waals surface area contributed by atoms with Crippen molar-refractivity contribution in [3.63, 3.8) is 0 Å². The number of aromatic nitrogens is 9. The maximum absolute atomic E-state index is 12.9. The molecule has 0 saturated carbocycles. The lowest BCUT2D eigenvalue weighted by atomic mass is 9.92. The number of amides is 3. The Morgan fingerprint density at radius 1 is 0.757 bits per heavy atom. The van der Waals surface area contributed by atoms with Crippen LogP contribution in [0.25, 0.3) is 47.6 Å². The van der Waals surface area contributed by atoms with Gasteiger partial charge in [0.25, 0.3) is 19.6 Å². The van der Waals surface area contributed by atoms with E-state index >= 15 is 0 Å². The zero-order chi connectivity index (χ0) is 67.4. The van der Waals surface area contributed by atoms with Gasteiger partial charge in [-0.05, 0) is 62.0 Å². The summed E-state index contributed by atoms with van der Waals surface area (Å²) in [5.74, 6) is -6.55. The van der Waals surface area contributed by atoms with Crippen molar-refractivity contribution >= 4 is 68.3 Å². The molecule has 3 amide bonds. The average molecular weight is 971 g/mol. The number of likely N-dealkylation sites (tertiary alicyclic amines) is 3. The van der Waals surface area contributed by atoms with Gasteiger partial charge in [-0.1, -0.05) is 20.6 Å². The van der Waals surface area contributed by atoms with Gasteiger partial charge in [-0.25, -0.2) is 49.6 Å². The molecule has 3 aliphatic heterocycles. The van der Waals surface area contributed by atoms with Crippen LogP contribution < -0.4 is 14.7 Å². The minimum absolute atomic E-state index is 0.0313. The van der Waals surface area contributed by atoms with Gasteiger partial charge in [0.15, 0.2) is 0 Å². The molecule has 3 fully saturated rings. The molecule has 21 nitrogen and oxygen atoms in total. The van der Waals surface area contributed by atoms with Crippen LogP contribution in [0.1, 0.15) is 73.0 Å². The first-order chi connectivity index (χ1) is 41.6. The topological polar surface area (TPSA) is 208 Å². The normalized spacial score (nSPS) is 30.0. The first-order valence-corrected chi connectivity index (χ1v) is 21.7. The Morgan fingerprint density at radius 2 is 1.30 bits per heavy atom. The van der Waals surface area contributed by atoms with Crippen LogP contribution in [-0.4, -0.2) is 175 Å². The van der Waals surface area contributed by atoms with Crippen LogP contribution in [0.5, 0.6) is 0 Å². The van der Waals surface area contributed by atoms with E-state index in [1.807, 2.05) is 18.0 Å². The standard InChI is InChI=1S/C17H22N6O.2C16H20N6O/c1-11-5-6-23(15(24)8-18-3)9-14(11)22(4)17-13-7-12(2)21-16(13)19-10-20-17;2*1-11-5-7-22(14(23)8-17-2)9-13(11)21(3)16-12-4-6-18-15(12)19-10-20-16/h7,10-11,14H,5-6,8-9H2,1-2,4H3,(H,19,20,21);2*4,6,10-11,13H,5,7-9H2,1,3H3,(H,18,19,20)/t11-,14+;2*11-,13+/m111/s1/i1D3,4D3,5D2,6D2,7D,9D2,11D,14D;1D3,10D;10D. The molecule has 70 heavy (non-hydrogen) atoms. The van der Waals surface area contributed by atoms with E-state index in [2.05, 4.69) is 66.3 Å². The minimum atomic E-state index is -4.30. The summed E-state index contributed by atoms with van der Waals surface area (Å²) in [6.45, 7) is 6.19. The summed E-state index contributed by atoms with van der Waals surface area (Å²) < 4.78 is 166. The molecule has 0 bridgehead atoms. The second kappa shape index (κ2) is 22.5. The molecule has 0 aromatic carbocycles. The van der Waals surface area contributed by atoms with Crippen LogP contribution in [0, 0.1) is 44.4 Å². The van der Waals surface area contributed by atoms with Crippen molar-refractivity contribution in [2.45, 2.75) is 64.9 Å². The zero-order valence-corrected chi connectivity index (χ0v) is 38.5. The van der Waals surface area contributed by atoms with Crippen molar-refractivity contribution in [3.8, 4) is 0 Å². The highest BCUT2D eigenvalue weighted by Gasteiger charge is 2.36. The molecule has 9 rings (SSSR count). The van der Waals surface area contributed by atoms with Crippen LogP contribution in [0.2, 0.25) is 0 Å². The van der Waals surface area contributed by atoms with E-state index in [0.29, 0.717) is 60.3 Å². The van der Waals surface area contributed by atoms with E-state index in [-0.39, 0.29) is 66.3 Å². The molecular weight excluding hydrogens is 889 g/mol. The fourth-order valence-electron chi connectivity index (χ4n) is 8.19. The first kappa shape index (κ1) is 29.9. The van der Waals surface area contributed by atoms with Crippen molar-refractivity contribution < 1.29 is 41.8 Å². The number of piperidine rings is 3. The summed E-state index contributed by atoms with van der Waals surface area (Å²) in [7, 11) is 3.67. The number of aryl methyl sites for hydroxylation is 1. The van der Waals surface area contributed by atoms with E-state index in [9.17, 15) is 15.8 Å². The number of rotatable bonds is 9. The maximum atomic E-state index is 12.9. The van der Waals surface area contributed by atoms with Gasteiger partial charge < -0.3 is 58.9 Å². The second-order valence-electron chi connectivity index (χ2n) is 16.4. The van der Waals surface area contributed by atoms with Crippen molar-refractivity contribution in [1.82, 2.24) is 59.6 Å². The highest BCUT2D eigenvalue weighted by molar-refractivity contribution is 5.89. The third-order valence-corrected chi connectivity index (χ3v) is 12.0. The molecule has 9 heterocycles. The van der Waals surface area contributed by atoms with Gasteiger partial charge in [0.2, 0.25) is 0 Å². The van der Waals surface area contributed by atoms with E-state index in [0.717, 1.165) is 18.1 Å². The molecule has 6 aromatic rings. The number of likely N-dealkylation sites (N-methyl/N-ethyl adjacent to an activating group) is 3. The van der Waals surface area contributed by atoms with E-state index in [4.69, 9.17) is 45.8 Å². The third kappa shape index (κ3) is 11.0. The number of carbonyl (C=O) groups is 3. The number of hydrogen-bond donors (Lipinski definition) is 3. The molecule has 21 heteroatoms. The molecule has 3 N–H and O–H groups in total. The SMILES string of the molecule is [2H]c1c(C)[nH]c2ncnc(N(C([2H])([2H])[2H])[C@@]3([2H])C([2H])([2H])N(C(=O)C[N+]#[C-])C([2H])([2H])C([2H])([2H])[C@@]3([2H])C([2H])([2H])[2H])c12.[2H]c1nc(N(C)[C@H]2CN(C(=O)C[N+]#[C-])CC[C@H]2C([2H])([2H])[2H])c2cc[nH]c2n1.[2H]c1nc(N(C)[C@H]2CN(C(=O)C[N+]#[C-])CC[C@H]2C)c2cc[nH]c2n1. The molecular formula is C49H62N18O3. The van der Waals surface area contributed by atoms with Crippen molar-refractivity contribution in [2.24, 2.45) is 17.7 Å². The summed E-state index contributed by atoms with van der Waals surface area (Å²) in [6, 6.07) is -1.44. The summed E-state index contributed by atoms with van der Waals surface area (Å²) in [5.41, 5.74) is 1.05. The van der Waals surface area contributed by atoms with E-state index < -0.39 is 98.5 Å². The number of H-pyrrole nitrogens is 3. The van der Waals surface area contributed by atoms with Crippen LogP contribution in [0.4, 0.5) is 17.5 Å². The fourth-order valence-corrected chi connectivity index (χ4v) is 8.19. The van der Waals surface area contributed by atoms with Crippen molar-refractivity contribution in [2.75, 3.05) is 94.6 Å². The zero-order valence-electron chi connectivity index (χ0n) is 58.5. The van der Waals surface area contributed by atoms with Gasteiger partial charge in [0.1, 0.15) is 56.1 Å². The predicted molar refractivity (Wildman–Crippen MR) is 268 cm³/mol. The van der Waals surface area contributed by atoms with E-state index in [1.165, 1.54) is 6.92 Å². The lowest BCUT2D eigenvalue weighted by Gasteiger charge is -2.41. The van der Waals surface area contributed by atoms with Gasteiger partial charge in [0.05, 0.1) is 39.7 Å². The Bertz CT molecular complexity index is 3810. The second-order valence-corrected chi connectivity index (χ2v) is 16.4. The summed E-state index contributed by atoms with van der Waals surface area (Å²) in [6.07, 6.45) is 1.02. The quantitative estimate of drug-likeness (QED) is 0.164. The van der Waals surface area contributed by atoms with Crippen LogP contribution >= 0.6 is 0 Å². The van der Waals surface area contributed by atoms with Gasteiger partial charge in [0, 0.05) is 97.5 Å². The number of hydrogen-bond acceptors (Lipinski definition) is 12. The smallest absolute Gasteiger partial charge is 0.302 e. The number of nitrogens with one attached hydrogen (secondary N) is 3. The Balaban J connectivity index is 0.000000199. The number of anilines is 3. The average Bonchev–Trinajstić information content (AvgIpc) is 1.23. The largest absolute Gasteiger partial charge is 0.354 e. The molecule has 0 spiro atoms. The van der Waals surface area contributed by atoms with Crippen molar-refractivity contribution in [1.29, 1.82) is 0 Å². The molecule has 3 aliphatic rings. The highest BCUT2D eigenvalue weighted by atomic mass is 16.2. The van der Waals surface area contributed by atoms with Gasteiger partial charge in [-0.2, -0.15) is 0 Å². The van der Waals surface area contributed by atoms with Crippen LogP contribution in [0.15, 0.2) is 49.5 Å². The molecule has 0 aliphatic carbocycles. The minimum Gasteiger partial charge on any atom is -0.354 e. The monoisotopic (exact) mass is 971 g/mol. The Labute approximate surface area is 436 Å². The van der Waals surface area contributed by atoms with Crippen LogP contribution in [-0.2, 0) is 14.4 Å². The van der Waals surface area contributed by atoms with Crippen LogP contribution in [0.3, 0.4) is 0 Å². The summed E-state index contributed by atoms with van der Waals surface area (Å²) in [5, 5.41) is 1.10. The molecule has 6 aromatic heterocycles. The van der Waals surface area contributed by atoms with Crippen molar-refractivity contribution in [3.05, 3.63) is 89.4 Å². The van der Waals surface area contributed by atoms with Gasteiger partial charge in [-0.15, -0.1) is 0 Å². The number of aromatic amines is 3. The first-order valence-electron chi connectivity index (χ1n) is 31.7. The van der Waals surface area contributed by atoms with Gasteiger partial charge in [-0.3, -0.25) is 14.4 Å². The molecule has 3 saturated heterocycles. The molecule has 0 unspecified atom stereocenters. The number of nitrogens with zero attached hydrogens (tertiary/aromatic N) is 15. The Hall–Kier alpha value is -7.86. The van der Waals surface area contributed by atoms with Gasteiger partial charge >= 0.3 is 17.7 Å². The number of carbonyl (C=O) groups excluding carboxylic acids is 3. The molecule has 0 radical (unpaired) electrons. The van der Waals surface area contributed by atoms with E-state index in [1.54, 1.807) is 40.2 Å². The number of fused-ring (bicyclic) bond motifs is 3. The lowest BCUT2D eigenvalue weighted by Crippen LogP contribution is -2.53. The molecule has 6 atom stereocenters. The summed E-state index contributed by atoms with van der Waals surface area (Å²) >= 11 is 0. The third-order valence-electron chi connectivity index (χ3n) is 12.0. The maximum Gasteiger partial charge on any atom is 0.302 e. The Kier molecular flexibility index (Phi) is 9.61. The summed E-state index contributed by atoms with van der Waals surface area (Å²) in [4.78, 5) is 85.3. The predicted octanol–water partition coefficient (Wildman–Crippen LogP) is 4.96. The molecule has 366 valence electrons. The Morgan fingerprint density at radius 3 is 1.84 bits per heavy atom. The fraction of sp³-hybridized carbons (Fsp3) is 0.510. The highest BCUT2D eigenvalue weighted by Crippen LogP contribution is 2.32.